The molecule has 0 saturated heterocycles. The van der Waals surface area contributed by atoms with Gasteiger partial charge in [0.1, 0.15) is 5.82 Å². The molecule has 22 heavy (non-hydrogen) atoms. The van der Waals surface area contributed by atoms with Gasteiger partial charge in [0.05, 0.1) is 11.0 Å². The van der Waals surface area contributed by atoms with Gasteiger partial charge < -0.3 is 10.4 Å². The molecule has 112 valence electrons. The Kier molecular flexibility index (Phi) is 2.76. The van der Waals surface area contributed by atoms with Crippen molar-refractivity contribution in [3.05, 3.63) is 59.8 Å². The Morgan fingerprint density at radius 2 is 1.73 bits per heavy atom. The molecular formula is C18H18N2O2. The van der Waals surface area contributed by atoms with E-state index in [1.807, 2.05) is 18.2 Å². The molecule has 0 bridgehead atoms. The van der Waals surface area contributed by atoms with Gasteiger partial charge in [0.25, 0.3) is 0 Å². The fourth-order valence-corrected chi connectivity index (χ4v) is 3.12. The van der Waals surface area contributed by atoms with Gasteiger partial charge in [-0.15, -0.1) is 0 Å². The van der Waals surface area contributed by atoms with Gasteiger partial charge in [0.15, 0.2) is 0 Å². The highest BCUT2D eigenvalue weighted by molar-refractivity contribution is 5.84. The van der Waals surface area contributed by atoms with Crippen LogP contribution in [0.4, 0.5) is 5.82 Å². The summed E-state index contributed by atoms with van der Waals surface area (Å²) >= 11 is 0. The van der Waals surface area contributed by atoms with Crippen molar-refractivity contribution < 1.29 is 9.90 Å². The summed E-state index contributed by atoms with van der Waals surface area (Å²) in [6.45, 7) is 0. The fraction of sp³-hybridized carbons (Fsp3) is 0.333. The van der Waals surface area contributed by atoms with Crippen molar-refractivity contribution >= 4 is 11.8 Å². The molecule has 0 aliphatic heterocycles. The minimum Gasteiger partial charge on any atom is -0.481 e. The predicted molar refractivity (Wildman–Crippen MR) is 83.8 cm³/mol. The fourth-order valence-electron chi connectivity index (χ4n) is 3.12. The number of anilines is 1. The minimum atomic E-state index is -0.738. The van der Waals surface area contributed by atoms with E-state index in [-0.39, 0.29) is 5.54 Å². The van der Waals surface area contributed by atoms with E-state index in [1.54, 1.807) is 6.20 Å². The summed E-state index contributed by atoms with van der Waals surface area (Å²) in [5.41, 5.74) is 1.42. The number of carboxylic acid groups (broad SMARTS) is 1. The molecule has 2 aliphatic rings. The Balaban J connectivity index is 1.54. The van der Waals surface area contributed by atoms with Crippen molar-refractivity contribution in [1.82, 2.24) is 4.98 Å². The van der Waals surface area contributed by atoms with E-state index in [9.17, 15) is 9.90 Å². The van der Waals surface area contributed by atoms with E-state index in [0.717, 1.165) is 24.2 Å². The van der Waals surface area contributed by atoms with Gasteiger partial charge in [-0.3, -0.25) is 4.79 Å². The Hall–Kier alpha value is -2.36. The summed E-state index contributed by atoms with van der Waals surface area (Å²) in [4.78, 5) is 15.8. The van der Waals surface area contributed by atoms with Crippen LogP contribution in [0.2, 0.25) is 0 Å². The molecule has 2 saturated carbocycles. The first-order valence-electron chi connectivity index (χ1n) is 7.68. The van der Waals surface area contributed by atoms with Gasteiger partial charge in [0, 0.05) is 6.20 Å². The van der Waals surface area contributed by atoms with Crippen LogP contribution in [0.5, 0.6) is 0 Å². The molecular weight excluding hydrogens is 276 g/mol. The molecule has 0 unspecified atom stereocenters. The summed E-state index contributed by atoms with van der Waals surface area (Å²) in [5, 5.41) is 12.8. The van der Waals surface area contributed by atoms with Crippen LogP contribution in [0.25, 0.3) is 0 Å². The highest BCUT2D eigenvalue weighted by Gasteiger charge is 2.52. The molecule has 2 fully saturated rings. The molecule has 0 atom stereocenters. The lowest BCUT2D eigenvalue weighted by atomic mass is 9.98. The molecule has 1 aromatic heterocycles. The zero-order valence-corrected chi connectivity index (χ0v) is 12.2. The standard InChI is InChI=1S/C18H18N2O2/c21-16(22)17(8-9-17)14-6-7-15(19-12-14)20-18(10-11-18)13-4-2-1-3-5-13/h1-7,12H,8-11H2,(H,19,20)(H,21,22). The second-order valence-corrected chi connectivity index (χ2v) is 6.39. The molecule has 1 heterocycles. The SMILES string of the molecule is O=C(O)C1(c2ccc(NC3(c4ccccc4)CC3)nc2)CC1. The maximum absolute atomic E-state index is 11.3. The Morgan fingerprint density at radius 1 is 1.00 bits per heavy atom. The summed E-state index contributed by atoms with van der Waals surface area (Å²) in [7, 11) is 0. The number of hydrogen-bond donors (Lipinski definition) is 2. The number of carboxylic acids is 1. The lowest BCUT2D eigenvalue weighted by Crippen LogP contribution is -2.21. The zero-order chi connectivity index (χ0) is 15.2. The number of aromatic nitrogens is 1. The topological polar surface area (TPSA) is 62.2 Å². The average Bonchev–Trinajstić information content (AvgIpc) is 3.44. The molecule has 2 N–H and O–H groups in total. The van der Waals surface area contributed by atoms with Gasteiger partial charge in [-0.2, -0.15) is 0 Å². The first kappa shape index (κ1) is 13.3. The number of benzene rings is 1. The van der Waals surface area contributed by atoms with Crippen LogP contribution in [-0.2, 0) is 15.7 Å². The largest absolute Gasteiger partial charge is 0.481 e. The maximum atomic E-state index is 11.3. The Bertz CT molecular complexity index is 702. The van der Waals surface area contributed by atoms with Gasteiger partial charge in [-0.1, -0.05) is 36.4 Å². The van der Waals surface area contributed by atoms with Crippen LogP contribution in [0, 0.1) is 0 Å². The van der Waals surface area contributed by atoms with E-state index in [1.165, 1.54) is 5.56 Å². The zero-order valence-electron chi connectivity index (χ0n) is 12.2. The lowest BCUT2D eigenvalue weighted by molar-refractivity contribution is -0.140. The monoisotopic (exact) mass is 294 g/mol. The third-order valence-electron chi connectivity index (χ3n) is 4.92. The Morgan fingerprint density at radius 3 is 2.23 bits per heavy atom. The number of nitrogens with zero attached hydrogens (tertiary/aromatic N) is 1. The normalized spacial score (nSPS) is 20.2. The molecule has 4 heteroatoms. The highest BCUT2D eigenvalue weighted by Crippen LogP contribution is 2.49. The second kappa shape index (κ2) is 4.57. The predicted octanol–water partition coefficient (Wildman–Crippen LogP) is 3.30. The van der Waals surface area contributed by atoms with E-state index in [0.29, 0.717) is 12.8 Å². The van der Waals surface area contributed by atoms with Crippen molar-refractivity contribution in [1.29, 1.82) is 0 Å². The Labute approximate surface area is 129 Å². The number of aliphatic carboxylic acids is 1. The number of rotatable bonds is 5. The van der Waals surface area contributed by atoms with Crippen molar-refractivity contribution in [3.63, 3.8) is 0 Å². The van der Waals surface area contributed by atoms with Crippen LogP contribution >= 0.6 is 0 Å². The van der Waals surface area contributed by atoms with E-state index in [2.05, 4.69) is 34.6 Å². The van der Waals surface area contributed by atoms with Crippen molar-refractivity contribution in [2.24, 2.45) is 0 Å². The van der Waals surface area contributed by atoms with E-state index < -0.39 is 11.4 Å². The van der Waals surface area contributed by atoms with Crippen LogP contribution in [0.15, 0.2) is 48.7 Å². The van der Waals surface area contributed by atoms with Gasteiger partial charge in [0.2, 0.25) is 0 Å². The second-order valence-electron chi connectivity index (χ2n) is 6.39. The summed E-state index contributed by atoms with van der Waals surface area (Å²) in [5.74, 6) is 0.0734. The van der Waals surface area contributed by atoms with Crippen molar-refractivity contribution in [2.75, 3.05) is 5.32 Å². The third kappa shape index (κ3) is 2.06. The number of pyridine rings is 1. The van der Waals surface area contributed by atoms with Gasteiger partial charge in [-0.05, 0) is 42.9 Å². The van der Waals surface area contributed by atoms with Crippen LogP contribution < -0.4 is 5.32 Å². The van der Waals surface area contributed by atoms with Crippen molar-refractivity contribution in [3.8, 4) is 0 Å². The number of carbonyl (C=O) groups is 1. The third-order valence-corrected chi connectivity index (χ3v) is 4.92. The smallest absolute Gasteiger partial charge is 0.314 e. The number of nitrogens with one attached hydrogen (secondary N) is 1. The molecule has 0 amide bonds. The van der Waals surface area contributed by atoms with Gasteiger partial charge >= 0.3 is 5.97 Å². The van der Waals surface area contributed by atoms with E-state index in [4.69, 9.17) is 0 Å². The molecule has 4 nitrogen and oxygen atoms in total. The average molecular weight is 294 g/mol. The van der Waals surface area contributed by atoms with E-state index >= 15 is 0 Å². The molecule has 0 spiro atoms. The van der Waals surface area contributed by atoms with Gasteiger partial charge in [-0.25, -0.2) is 4.98 Å². The first-order valence-corrected chi connectivity index (χ1v) is 7.68. The summed E-state index contributed by atoms with van der Waals surface area (Å²) < 4.78 is 0. The quantitative estimate of drug-likeness (QED) is 0.888. The van der Waals surface area contributed by atoms with Crippen LogP contribution in [0.3, 0.4) is 0 Å². The highest BCUT2D eigenvalue weighted by atomic mass is 16.4. The van der Waals surface area contributed by atoms with Crippen molar-refractivity contribution in [2.45, 2.75) is 36.6 Å². The minimum absolute atomic E-state index is 0.000156. The summed E-state index contributed by atoms with van der Waals surface area (Å²) in [6.07, 6.45) is 5.33. The molecule has 2 aromatic rings. The molecule has 4 rings (SSSR count). The molecule has 2 aliphatic carbocycles. The van der Waals surface area contributed by atoms with Crippen LogP contribution in [0.1, 0.15) is 36.8 Å². The summed E-state index contributed by atoms with van der Waals surface area (Å²) in [6, 6.07) is 14.2. The molecule has 0 radical (unpaired) electrons. The molecule has 1 aromatic carbocycles. The first-order chi connectivity index (χ1) is 10.6. The maximum Gasteiger partial charge on any atom is 0.314 e. The number of hydrogen-bond acceptors (Lipinski definition) is 3. The van der Waals surface area contributed by atoms with Crippen LogP contribution in [-0.4, -0.2) is 16.1 Å². The lowest BCUT2D eigenvalue weighted by Gasteiger charge is -2.19.